The molecule has 0 bridgehead atoms. The van der Waals surface area contributed by atoms with Crippen LogP contribution in [0.4, 0.5) is 5.69 Å². The minimum Gasteiger partial charge on any atom is -0.497 e. The fourth-order valence-corrected chi connectivity index (χ4v) is 2.50. The first kappa shape index (κ1) is 16.9. The van der Waals surface area contributed by atoms with E-state index in [0.717, 1.165) is 30.2 Å². The Morgan fingerprint density at radius 3 is 1.78 bits per heavy atom. The second kappa shape index (κ2) is 8.28. The van der Waals surface area contributed by atoms with Gasteiger partial charge in [-0.3, -0.25) is 0 Å². The number of benzene rings is 2. The predicted molar refractivity (Wildman–Crippen MR) is 98.5 cm³/mol. The molecule has 0 aliphatic carbocycles. The molecular weight excluding hydrogens is 286 g/mol. The van der Waals surface area contributed by atoms with E-state index in [4.69, 9.17) is 9.47 Å². The number of methoxy groups -OCH3 is 2. The van der Waals surface area contributed by atoms with Crippen molar-refractivity contribution in [3.8, 4) is 11.5 Å². The summed E-state index contributed by atoms with van der Waals surface area (Å²) >= 11 is 0. The van der Waals surface area contributed by atoms with Crippen molar-refractivity contribution in [3.05, 3.63) is 53.6 Å². The van der Waals surface area contributed by atoms with Crippen LogP contribution >= 0.6 is 0 Å². The molecule has 0 spiro atoms. The van der Waals surface area contributed by atoms with E-state index in [9.17, 15) is 0 Å². The number of rotatable bonds is 7. The molecule has 0 fully saturated rings. The van der Waals surface area contributed by atoms with Gasteiger partial charge in [-0.2, -0.15) is 0 Å². The standard InChI is InChI=1S/C20H25NO2/c1-5-21(6-2)18-11-9-16(10-12-18)7-8-17-13-19(22-3)15-20(14-17)23-4/h7-15H,5-6H2,1-4H3. The van der Waals surface area contributed by atoms with Gasteiger partial charge in [-0.25, -0.2) is 0 Å². The fourth-order valence-electron chi connectivity index (χ4n) is 2.50. The average Bonchev–Trinajstić information content (AvgIpc) is 2.61. The molecule has 3 heteroatoms. The molecule has 3 nitrogen and oxygen atoms in total. The van der Waals surface area contributed by atoms with Gasteiger partial charge >= 0.3 is 0 Å². The van der Waals surface area contributed by atoms with Gasteiger partial charge in [0, 0.05) is 24.8 Å². The lowest BCUT2D eigenvalue weighted by atomic mass is 10.1. The zero-order valence-electron chi connectivity index (χ0n) is 14.4. The average molecular weight is 311 g/mol. The van der Waals surface area contributed by atoms with Crippen LogP contribution in [0, 0.1) is 0 Å². The van der Waals surface area contributed by atoms with Crippen molar-refractivity contribution in [1.29, 1.82) is 0 Å². The second-order valence-electron chi connectivity index (χ2n) is 5.24. The van der Waals surface area contributed by atoms with Gasteiger partial charge in [-0.1, -0.05) is 24.3 Å². The van der Waals surface area contributed by atoms with Crippen molar-refractivity contribution in [2.75, 3.05) is 32.2 Å². The van der Waals surface area contributed by atoms with E-state index in [1.165, 1.54) is 11.3 Å². The molecule has 0 heterocycles. The summed E-state index contributed by atoms with van der Waals surface area (Å²) in [7, 11) is 3.32. The summed E-state index contributed by atoms with van der Waals surface area (Å²) in [6.07, 6.45) is 4.16. The first-order chi connectivity index (χ1) is 11.2. The van der Waals surface area contributed by atoms with Crippen LogP contribution in [0.2, 0.25) is 0 Å². The van der Waals surface area contributed by atoms with Crippen LogP contribution in [-0.4, -0.2) is 27.3 Å². The monoisotopic (exact) mass is 311 g/mol. The van der Waals surface area contributed by atoms with E-state index < -0.39 is 0 Å². The molecule has 0 atom stereocenters. The number of anilines is 1. The largest absolute Gasteiger partial charge is 0.497 e. The number of ether oxygens (including phenoxy) is 2. The zero-order chi connectivity index (χ0) is 16.7. The first-order valence-electron chi connectivity index (χ1n) is 7.96. The molecular formula is C20H25NO2. The summed E-state index contributed by atoms with van der Waals surface area (Å²) in [5, 5.41) is 0. The first-order valence-corrected chi connectivity index (χ1v) is 7.96. The van der Waals surface area contributed by atoms with Crippen LogP contribution in [-0.2, 0) is 0 Å². The molecule has 0 aromatic heterocycles. The zero-order valence-corrected chi connectivity index (χ0v) is 14.4. The Balaban J connectivity index is 2.17. The van der Waals surface area contributed by atoms with Crippen molar-refractivity contribution in [3.63, 3.8) is 0 Å². The van der Waals surface area contributed by atoms with Crippen LogP contribution in [0.1, 0.15) is 25.0 Å². The van der Waals surface area contributed by atoms with Gasteiger partial charge < -0.3 is 14.4 Å². The summed E-state index contributed by atoms with van der Waals surface area (Å²) < 4.78 is 10.6. The van der Waals surface area contributed by atoms with E-state index in [1.807, 2.05) is 18.2 Å². The molecule has 2 rings (SSSR count). The Morgan fingerprint density at radius 1 is 0.783 bits per heavy atom. The van der Waals surface area contributed by atoms with Crippen molar-refractivity contribution in [1.82, 2.24) is 0 Å². The second-order valence-corrected chi connectivity index (χ2v) is 5.24. The highest BCUT2D eigenvalue weighted by Gasteiger charge is 2.01. The third kappa shape index (κ3) is 4.52. The van der Waals surface area contributed by atoms with Gasteiger partial charge in [0.05, 0.1) is 14.2 Å². The minimum absolute atomic E-state index is 0.792. The molecule has 122 valence electrons. The Morgan fingerprint density at radius 2 is 1.30 bits per heavy atom. The van der Waals surface area contributed by atoms with Gasteiger partial charge in [0.15, 0.2) is 0 Å². The summed E-state index contributed by atoms with van der Waals surface area (Å²) in [5.41, 5.74) is 3.48. The molecule has 2 aromatic rings. The van der Waals surface area contributed by atoms with Crippen LogP contribution in [0.25, 0.3) is 12.2 Å². The molecule has 0 aliphatic heterocycles. The molecule has 0 amide bonds. The molecule has 0 aliphatic rings. The smallest absolute Gasteiger partial charge is 0.123 e. The molecule has 0 unspecified atom stereocenters. The SMILES string of the molecule is CCN(CC)c1ccc(C=Cc2cc(OC)cc(OC)c2)cc1. The van der Waals surface area contributed by atoms with Crippen LogP contribution < -0.4 is 14.4 Å². The third-order valence-corrected chi connectivity index (χ3v) is 3.86. The Bertz CT molecular complexity index is 621. The lowest BCUT2D eigenvalue weighted by Crippen LogP contribution is -2.21. The minimum atomic E-state index is 0.792. The van der Waals surface area contributed by atoms with Crippen molar-refractivity contribution >= 4 is 17.8 Å². The predicted octanol–water partition coefficient (Wildman–Crippen LogP) is 4.72. The third-order valence-electron chi connectivity index (χ3n) is 3.86. The number of nitrogens with zero attached hydrogens (tertiary/aromatic N) is 1. The van der Waals surface area contributed by atoms with Gasteiger partial charge in [-0.05, 0) is 49.2 Å². The molecule has 2 aromatic carbocycles. The topological polar surface area (TPSA) is 21.7 Å². The maximum atomic E-state index is 5.30. The van der Waals surface area contributed by atoms with Gasteiger partial charge in [0.2, 0.25) is 0 Å². The van der Waals surface area contributed by atoms with Crippen LogP contribution in [0.5, 0.6) is 11.5 Å². The molecule has 0 saturated heterocycles. The van der Waals surface area contributed by atoms with Crippen LogP contribution in [0.3, 0.4) is 0 Å². The molecule has 0 radical (unpaired) electrons. The van der Waals surface area contributed by atoms with Crippen molar-refractivity contribution in [2.24, 2.45) is 0 Å². The highest BCUT2D eigenvalue weighted by atomic mass is 16.5. The Labute approximate surface area is 139 Å². The van der Waals surface area contributed by atoms with Gasteiger partial charge in [-0.15, -0.1) is 0 Å². The summed E-state index contributed by atoms with van der Waals surface area (Å²) in [5.74, 6) is 1.58. The fraction of sp³-hybridized carbons (Fsp3) is 0.300. The molecule has 0 saturated carbocycles. The molecule has 0 N–H and O–H groups in total. The van der Waals surface area contributed by atoms with E-state index in [2.05, 4.69) is 55.2 Å². The Kier molecular flexibility index (Phi) is 6.10. The Hall–Kier alpha value is -2.42. The van der Waals surface area contributed by atoms with E-state index in [-0.39, 0.29) is 0 Å². The van der Waals surface area contributed by atoms with Gasteiger partial charge in [0.1, 0.15) is 11.5 Å². The summed E-state index contributed by atoms with van der Waals surface area (Å²) in [6.45, 7) is 6.39. The van der Waals surface area contributed by atoms with E-state index in [0.29, 0.717) is 0 Å². The summed E-state index contributed by atoms with van der Waals surface area (Å²) in [4.78, 5) is 2.33. The van der Waals surface area contributed by atoms with Gasteiger partial charge in [0.25, 0.3) is 0 Å². The maximum Gasteiger partial charge on any atom is 0.123 e. The normalized spacial score (nSPS) is 10.8. The lowest BCUT2D eigenvalue weighted by molar-refractivity contribution is 0.394. The van der Waals surface area contributed by atoms with Crippen molar-refractivity contribution in [2.45, 2.75) is 13.8 Å². The summed E-state index contributed by atoms with van der Waals surface area (Å²) in [6, 6.07) is 14.5. The quantitative estimate of drug-likeness (QED) is 0.691. The van der Waals surface area contributed by atoms with Crippen LogP contribution in [0.15, 0.2) is 42.5 Å². The lowest BCUT2D eigenvalue weighted by Gasteiger charge is -2.20. The highest BCUT2D eigenvalue weighted by molar-refractivity contribution is 5.71. The maximum absolute atomic E-state index is 5.30. The number of hydrogen-bond donors (Lipinski definition) is 0. The highest BCUT2D eigenvalue weighted by Crippen LogP contribution is 2.24. The van der Waals surface area contributed by atoms with Crippen molar-refractivity contribution < 1.29 is 9.47 Å². The molecule has 23 heavy (non-hydrogen) atoms. The van der Waals surface area contributed by atoms with E-state index in [1.54, 1.807) is 14.2 Å². The number of hydrogen-bond acceptors (Lipinski definition) is 3. The van der Waals surface area contributed by atoms with E-state index >= 15 is 0 Å².